The fourth-order valence-electron chi connectivity index (χ4n) is 2.68. The number of H-pyrrole nitrogens is 1. The quantitative estimate of drug-likeness (QED) is 0.735. The number of likely N-dealkylation sites (tertiary alicyclic amines) is 1. The number of hydrogen-bond donors (Lipinski definition) is 3. The van der Waals surface area contributed by atoms with Gasteiger partial charge in [-0.1, -0.05) is 6.07 Å². The Morgan fingerprint density at radius 3 is 2.67 bits per heavy atom. The van der Waals surface area contributed by atoms with E-state index in [9.17, 15) is 18.3 Å². The number of anilines is 1. The van der Waals surface area contributed by atoms with Gasteiger partial charge in [-0.15, -0.1) is 0 Å². The minimum Gasteiger partial charge on any atom is -0.506 e. The molecule has 0 spiro atoms. The van der Waals surface area contributed by atoms with Crippen molar-refractivity contribution in [3.63, 3.8) is 0 Å². The van der Waals surface area contributed by atoms with Gasteiger partial charge in [-0.2, -0.15) is 0 Å². The van der Waals surface area contributed by atoms with Crippen LogP contribution < -0.4 is 4.72 Å². The van der Waals surface area contributed by atoms with E-state index in [-0.39, 0.29) is 27.9 Å². The summed E-state index contributed by atoms with van der Waals surface area (Å²) in [5, 5.41) is 9.79. The minimum absolute atomic E-state index is 0.0500. The van der Waals surface area contributed by atoms with Crippen molar-refractivity contribution in [3.05, 3.63) is 41.7 Å². The number of carbonyl (C=O) groups is 1. The number of sulfonamides is 1. The Morgan fingerprint density at radius 2 is 1.96 bits per heavy atom. The van der Waals surface area contributed by atoms with Gasteiger partial charge in [-0.3, -0.25) is 9.52 Å². The number of amides is 1. The van der Waals surface area contributed by atoms with Crippen molar-refractivity contribution < 1.29 is 18.3 Å². The summed E-state index contributed by atoms with van der Waals surface area (Å²) in [5.41, 5.74) is 1.15. The molecule has 8 heteroatoms. The first kappa shape index (κ1) is 16.4. The number of nitrogens with one attached hydrogen (secondary N) is 2. The molecular weight excluding hydrogens is 330 g/mol. The zero-order chi connectivity index (χ0) is 17.3. The van der Waals surface area contributed by atoms with Crippen LogP contribution in [0.1, 0.15) is 28.9 Å². The molecule has 0 unspecified atom stereocenters. The van der Waals surface area contributed by atoms with Crippen molar-refractivity contribution in [2.75, 3.05) is 17.8 Å². The van der Waals surface area contributed by atoms with E-state index >= 15 is 0 Å². The number of nitrogens with zero attached hydrogens (tertiary/aromatic N) is 1. The largest absolute Gasteiger partial charge is 0.506 e. The van der Waals surface area contributed by atoms with Crippen LogP contribution in [0.2, 0.25) is 0 Å². The summed E-state index contributed by atoms with van der Waals surface area (Å²) in [6.07, 6.45) is 3.20. The van der Waals surface area contributed by atoms with Gasteiger partial charge >= 0.3 is 0 Å². The molecule has 1 aromatic heterocycles. The molecule has 1 aliphatic heterocycles. The maximum Gasteiger partial charge on any atom is 0.270 e. The lowest BCUT2D eigenvalue weighted by molar-refractivity contribution is 0.0787. The number of aromatic amines is 1. The van der Waals surface area contributed by atoms with Crippen LogP contribution in [0.25, 0.3) is 0 Å². The first-order valence-corrected chi connectivity index (χ1v) is 9.15. The fourth-order valence-corrected chi connectivity index (χ4v) is 3.74. The number of phenols is 1. The van der Waals surface area contributed by atoms with E-state index in [0.29, 0.717) is 13.1 Å². The van der Waals surface area contributed by atoms with Crippen LogP contribution in [-0.4, -0.2) is 42.4 Å². The van der Waals surface area contributed by atoms with Crippen LogP contribution in [0.4, 0.5) is 5.69 Å². The summed E-state index contributed by atoms with van der Waals surface area (Å²) >= 11 is 0. The normalized spacial score (nSPS) is 14.8. The summed E-state index contributed by atoms with van der Waals surface area (Å²) < 4.78 is 27.3. The highest BCUT2D eigenvalue weighted by molar-refractivity contribution is 7.92. The van der Waals surface area contributed by atoms with Crippen molar-refractivity contribution >= 4 is 21.6 Å². The SMILES string of the molecule is Cc1ccc(O)c(NS(=O)(=O)c2c[nH]c(C(=O)N3CCCC3)c2)c1. The van der Waals surface area contributed by atoms with E-state index < -0.39 is 10.0 Å². The third kappa shape index (κ3) is 3.23. The Bertz CT molecular complexity index is 867. The van der Waals surface area contributed by atoms with Crippen LogP contribution in [0.5, 0.6) is 5.75 Å². The van der Waals surface area contributed by atoms with E-state index in [1.165, 1.54) is 24.4 Å². The summed E-state index contributed by atoms with van der Waals surface area (Å²) in [7, 11) is -3.90. The van der Waals surface area contributed by atoms with Gasteiger partial charge in [-0.05, 0) is 43.5 Å². The first-order chi connectivity index (χ1) is 11.4. The topological polar surface area (TPSA) is 102 Å². The summed E-state index contributed by atoms with van der Waals surface area (Å²) in [5.74, 6) is -0.361. The molecule has 3 rings (SSSR count). The van der Waals surface area contributed by atoms with Gasteiger partial charge in [0.25, 0.3) is 15.9 Å². The molecule has 7 nitrogen and oxygen atoms in total. The Morgan fingerprint density at radius 1 is 1.25 bits per heavy atom. The van der Waals surface area contributed by atoms with Crippen LogP contribution in [0.3, 0.4) is 0 Å². The van der Waals surface area contributed by atoms with Crippen molar-refractivity contribution in [1.29, 1.82) is 0 Å². The molecular formula is C16H19N3O4S. The average Bonchev–Trinajstić information content (AvgIpc) is 3.21. The zero-order valence-corrected chi connectivity index (χ0v) is 14.1. The molecule has 1 fully saturated rings. The molecule has 2 aromatic rings. The summed E-state index contributed by atoms with van der Waals surface area (Å²) in [6.45, 7) is 3.17. The summed E-state index contributed by atoms with van der Waals surface area (Å²) in [4.78, 5) is 16.7. The third-order valence-corrected chi connectivity index (χ3v) is 5.33. The van der Waals surface area contributed by atoms with Crippen molar-refractivity contribution in [3.8, 4) is 5.75 Å². The molecule has 1 aromatic carbocycles. The molecule has 3 N–H and O–H groups in total. The number of rotatable bonds is 4. The Balaban J connectivity index is 1.82. The van der Waals surface area contributed by atoms with E-state index in [4.69, 9.17) is 0 Å². The van der Waals surface area contributed by atoms with E-state index in [2.05, 4.69) is 9.71 Å². The third-order valence-electron chi connectivity index (χ3n) is 3.99. The second-order valence-corrected chi connectivity index (χ2v) is 7.56. The van der Waals surface area contributed by atoms with Crippen LogP contribution in [0, 0.1) is 6.92 Å². The molecule has 0 saturated carbocycles. The van der Waals surface area contributed by atoms with E-state index in [1.54, 1.807) is 17.9 Å². The Kier molecular flexibility index (Phi) is 4.23. The minimum atomic E-state index is -3.90. The lowest BCUT2D eigenvalue weighted by Crippen LogP contribution is -2.27. The number of carbonyl (C=O) groups excluding carboxylic acids is 1. The van der Waals surface area contributed by atoms with Gasteiger partial charge < -0.3 is 15.0 Å². The van der Waals surface area contributed by atoms with Gasteiger partial charge in [0.15, 0.2) is 0 Å². The molecule has 24 heavy (non-hydrogen) atoms. The van der Waals surface area contributed by atoms with Gasteiger partial charge in [0, 0.05) is 19.3 Å². The number of benzene rings is 1. The van der Waals surface area contributed by atoms with Crippen LogP contribution in [-0.2, 0) is 10.0 Å². The summed E-state index contributed by atoms with van der Waals surface area (Å²) in [6, 6.07) is 5.95. The Hall–Kier alpha value is -2.48. The molecule has 0 bridgehead atoms. The predicted octanol–water partition coefficient (Wildman–Crippen LogP) is 2.07. The molecule has 0 radical (unpaired) electrons. The second-order valence-electron chi connectivity index (χ2n) is 5.87. The van der Waals surface area contributed by atoms with Crippen molar-refractivity contribution in [1.82, 2.24) is 9.88 Å². The van der Waals surface area contributed by atoms with Crippen LogP contribution in [0.15, 0.2) is 35.4 Å². The van der Waals surface area contributed by atoms with Crippen LogP contribution >= 0.6 is 0 Å². The smallest absolute Gasteiger partial charge is 0.270 e. The highest BCUT2D eigenvalue weighted by Crippen LogP contribution is 2.27. The lowest BCUT2D eigenvalue weighted by atomic mass is 10.2. The Labute approximate surface area is 140 Å². The number of aromatic nitrogens is 1. The van der Waals surface area contributed by atoms with Gasteiger partial charge in [-0.25, -0.2) is 8.42 Å². The zero-order valence-electron chi connectivity index (χ0n) is 13.2. The highest BCUT2D eigenvalue weighted by atomic mass is 32.2. The predicted molar refractivity (Wildman–Crippen MR) is 89.6 cm³/mol. The van der Waals surface area contributed by atoms with E-state index in [0.717, 1.165) is 18.4 Å². The highest BCUT2D eigenvalue weighted by Gasteiger charge is 2.24. The first-order valence-electron chi connectivity index (χ1n) is 7.67. The standard InChI is InChI=1S/C16H19N3O4S/c1-11-4-5-15(20)13(8-11)18-24(22,23)12-9-14(17-10-12)16(21)19-6-2-3-7-19/h4-5,8-10,17-18,20H,2-3,6-7H2,1H3. The van der Waals surface area contributed by atoms with Crippen molar-refractivity contribution in [2.45, 2.75) is 24.7 Å². The number of aryl methyl sites for hydroxylation is 1. The van der Waals surface area contributed by atoms with Crippen molar-refractivity contribution in [2.24, 2.45) is 0 Å². The maximum absolute atomic E-state index is 12.5. The van der Waals surface area contributed by atoms with E-state index in [1.807, 2.05) is 0 Å². The number of phenolic OH excluding ortho intramolecular Hbond substituents is 1. The molecule has 1 amide bonds. The second kappa shape index (κ2) is 6.20. The maximum atomic E-state index is 12.5. The monoisotopic (exact) mass is 349 g/mol. The van der Waals surface area contributed by atoms with Gasteiger partial charge in [0.2, 0.25) is 0 Å². The average molecular weight is 349 g/mol. The molecule has 0 atom stereocenters. The molecule has 1 aliphatic rings. The molecule has 1 saturated heterocycles. The van der Waals surface area contributed by atoms with Gasteiger partial charge in [0.1, 0.15) is 16.3 Å². The number of hydrogen-bond acceptors (Lipinski definition) is 4. The lowest BCUT2D eigenvalue weighted by Gasteiger charge is -2.13. The number of aromatic hydroxyl groups is 1. The fraction of sp³-hybridized carbons (Fsp3) is 0.312. The molecule has 2 heterocycles. The van der Waals surface area contributed by atoms with Gasteiger partial charge in [0.05, 0.1) is 5.69 Å². The molecule has 128 valence electrons. The molecule has 0 aliphatic carbocycles.